The first-order valence-electron chi connectivity index (χ1n) is 7.31. The number of hydrogen-bond donors (Lipinski definition) is 0. The van der Waals surface area contributed by atoms with E-state index in [1.165, 1.54) is 29.2 Å². The van der Waals surface area contributed by atoms with Gasteiger partial charge in [-0.2, -0.15) is 4.99 Å². The predicted molar refractivity (Wildman–Crippen MR) is 81.0 cm³/mol. The summed E-state index contributed by atoms with van der Waals surface area (Å²) in [7, 11) is 0. The number of amides is 1. The number of isocyanates is 1. The molecule has 1 aromatic rings. The minimum atomic E-state index is -0.659. The maximum atomic E-state index is 13.7. The first-order valence-corrected chi connectivity index (χ1v) is 7.31. The molecule has 0 spiro atoms. The SMILES string of the molecule is CC(C)(C)OC(=O)N1CCC(Oc2cccc(F)c2N=C=O)C1. The van der Waals surface area contributed by atoms with Crippen molar-refractivity contribution in [2.24, 2.45) is 4.99 Å². The van der Waals surface area contributed by atoms with Gasteiger partial charge in [-0.3, -0.25) is 0 Å². The van der Waals surface area contributed by atoms with E-state index in [2.05, 4.69) is 4.99 Å². The highest BCUT2D eigenvalue weighted by Gasteiger charge is 2.31. The lowest BCUT2D eigenvalue weighted by Gasteiger charge is -2.24. The minimum Gasteiger partial charge on any atom is -0.486 e. The highest BCUT2D eigenvalue weighted by atomic mass is 19.1. The molecule has 1 atom stereocenters. The average molecular weight is 322 g/mol. The molecular formula is C16H19FN2O4. The Morgan fingerprint density at radius 2 is 2.17 bits per heavy atom. The van der Waals surface area contributed by atoms with Gasteiger partial charge in [0.1, 0.15) is 17.5 Å². The molecule has 0 aliphatic carbocycles. The van der Waals surface area contributed by atoms with E-state index in [1.807, 2.05) is 0 Å². The maximum absolute atomic E-state index is 13.7. The van der Waals surface area contributed by atoms with Crippen molar-refractivity contribution >= 4 is 17.9 Å². The van der Waals surface area contributed by atoms with Gasteiger partial charge in [0.25, 0.3) is 0 Å². The Labute approximate surface area is 133 Å². The van der Waals surface area contributed by atoms with Crippen molar-refractivity contribution in [3.8, 4) is 5.75 Å². The summed E-state index contributed by atoms with van der Waals surface area (Å²) in [6.45, 7) is 6.21. The van der Waals surface area contributed by atoms with Crippen molar-refractivity contribution in [2.45, 2.75) is 38.9 Å². The summed E-state index contributed by atoms with van der Waals surface area (Å²) in [6.07, 6.45) is 1.17. The highest BCUT2D eigenvalue weighted by molar-refractivity contribution is 5.68. The second kappa shape index (κ2) is 6.79. The number of ether oxygens (including phenoxy) is 2. The summed E-state index contributed by atoms with van der Waals surface area (Å²) in [5.41, 5.74) is -0.747. The van der Waals surface area contributed by atoms with Gasteiger partial charge in [-0.1, -0.05) is 6.07 Å². The van der Waals surface area contributed by atoms with Crippen LogP contribution in [0.4, 0.5) is 14.9 Å². The number of rotatable bonds is 3. The molecular weight excluding hydrogens is 303 g/mol. The number of carbonyl (C=O) groups is 1. The van der Waals surface area contributed by atoms with Gasteiger partial charge < -0.3 is 14.4 Å². The van der Waals surface area contributed by atoms with Crippen LogP contribution in [0.15, 0.2) is 23.2 Å². The van der Waals surface area contributed by atoms with Crippen molar-refractivity contribution in [1.82, 2.24) is 4.90 Å². The number of para-hydroxylation sites is 1. The van der Waals surface area contributed by atoms with Crippen LogP contribution in [0.3, 0.4) is 0 Å². The van der Waals surface area contributed by atoms with Crippen molar-refractivity contribution in [1.29, 1.82) is 0 Å². The Hall–Kier alpha value is -2.40. The van der Waals surface area contributed by atoms with E-state index in [1.54, 1.807) is 20.8 Å². The van der Waals surface area contributed by atoms with Crippen LogP contribution in [-0.2, 0) is 9.53 Å². The monoisotopic (exact) mass is 322 g/mol. The molecule has 2 rings (SSSR count). The summed E-state index contributed by atoms with van der Waals surface area (Å²) < 4.78 is 24.7. The third-order valence-electron chi connectivity index (χ3n) is 3.20. The normalized spacial score (nSPS) is 17.6. The van der Waals surface area contributed by atoms with Crippen molar-refractivity contribution in [2.75, 3.05) is 13.1 Å². The molecule has 0 N–H and O–H groups in total. The van der Waals surface area contributed by atoms with Crippen LogP contribution < -0.4 is 4.74 Å². The Bertz CT molecular complexity index is 635. The van der Waals surface area contributed by atoms with Gasteiger partial charge >= 0.3 is 6.09 Å². The molecule has 0 saturated carbocycles. The van der Waals surface area contributed by atoms with Crippen LogP contribution in [0.25, 0.3) is 0 Å². The molecule has 124 valence electrons. The number of halogens is 1. The molecule has 1 saturated heterocycles. The molecule has 1 aromatic carbocycles. The number of carbonyl (C=O) groups excluding carboxylic acids is 2. The van der Waals surface area contributed by atoms with Gasteiger partial charge in [-0.15, -0.1) is 0 Å². The largest absolute Gasteiger partial charge is 0.486 e. The summed E-state index contributed by atoms with van der Waals surface area (Å²) in [4.78, 5) is 27.3. The third-order valence-corrected chi connectivity index (χ3v) is 3.20. The van der Waals surface area contributed by atoms with Gasteiger partial charge in [0.05, 0.1) is 6.54 Å². The second-order valence-corrected chi connectivity index (χ2v) is 6.24. The lowest BCUT2D eigenvalue weighted by molar-refractivity contribution is 0.0276. The summed E-state index contributed by atoms with van der Waals surface area (Å²) >= 11 is 0. The van der Waals surface area contributed by atoms with Crippen LogP contribution in [0.2, 0.25) is 0 Å². The molecule has 23 heavy (non-hydrogen) atoms. The molecule has 0 aromatic heterocycles. The second-order valence-electron chi connectivity index (χ2n) is 6.24. The van der Waals surface area contributed by atoms with E-state index in [0.717, 1.165) is 0 Å². The van der Waals surface area contributed by atoms with E-state index in [4.69, 9.17) is 9.47 Å². The zero-order valence-corrected chi connectivity index (χ0v) is 13.3. The van der Waals surface area contributed by atoms with Crippen LogP contribution >= 0.6 is 0 Å². The van der Waals surface area contributed by atoms with Gasteiger partial charge in [-0.05, 0) is 32.9 Å². The fourth-order valence-corrected chi connectivity index (χ4v) is 2.24. The quantitative estimate of drug-likeness (QED) is 0.633. The fourth-order valence-electron chi connectivity index (χ4n) is 2.24. The predicted octanol–water partition coefficient (Wildman–Crippen LogP) is 3.18. The molecule has 1 fully saturated rings. The number of aliphatic imine (C=N–C) groups is 1. The Morgan fingerprint density at radius 1 is 1.43 bits per heavy atom. The van der Waals surface area contributed by atoms with E-state index in [9.17, 15) is 14.0 Å². The lowest BCUT2D eigenvalue weighted by atomic mass is 10.2. The highest BCUT2D eigenvalue weighted by Crippen LogP contribution is 2.32. The topological polar surface area (TPSA) is 68.2 Å². The van der Waals surface area contributed by atoms with E-state index in [0.29, 0.717) is 19.5 Å². The molecule has 1 unspecified atom stereocenters. The third kappa shape index (κ3) is 4.53. The van der Waals surface area contributed by atoms with Crippen LogP contribution in [-0.4, -0.2) is 41.9 Å². The standard InChI is InChI=1S/C16H19FN2O4/c1-16(2,3)23-15(21)19-8-7-11(9-19)22-13-6-4-5-12(17)14(13)18-10-20/h4-6,11H,7-9H2,1-3H3. The van der Waals surface area contributed by atoms with Crippen LogP contribution in [0, 0.1) is 5.82 Å². The number of benzene rings is 1. The molecule has 1 amide bonds. The molecule has 1 heterocycles. The Balaban J connectivity index is 2.03. The lowest BCUT2D eigenvalue weighted by Crippen LogP contribution is -2.36. The Morgan fingerprint density at radius 3 is 2.83 bits per heavy atom. The van der Waals surface area contributed by atoms with Gasteiger partial charge in [-0.25, -0.2) is 14.0 Å². The molecule has 0 radical (unpaired) electrons. The molecule has 1 aliphatic heterocycles. The number of likely N-dealkylation sites (tertiary alicyclic amines) is 1. The first-order chi connectivity index (χ1) is 10.8. The summed E-state index contributed by atoms with van der Waals surface area (Å²) in [6, 6.07) is 4.18. The van der Waals surface area contributed by atoms with E-state index < -0.39 is 17.5 Å². The van der Waals surface area contributed by atoms with Gasteiger partial charge in [0, 0.05) is 13.0 Å². The molecule has 6 nitrogen and oxygen atoms in total. The van der Waals surface area contributed by atoms with E-state index >= 15 is 0 Å². The Kier molecular flexibility index (Phi) is 5.01. The van der Waals surface area contributed by atoms with Crippen molar-refractivity contribution in [3.05, 3.63) is 24.0 Å². The molecule has 7 heteroatoms. The van der Waals surface area contributed by atoms with Gasteiger partial charge in [0.2, 0.25) is 6.08 Å². The molecule has 1 aliphatic rings. The average Bonchev–Trinajstić information content (AvgIpc) is 2.89. The van der Waals surface area contributed by atoms with Crippen molar-refractivity contribution in [3.63, 3.8) is 0 Å². The van der Waals surface area contributed by atoms with Crippen molar-refractivity contribution < 1.29 is 23.5 Å². The maximum Gasteiger partial charge on any atom is 0.410 e. The minimum absolute atomic E-state index is 0.157. The van der Waals surface area contributed by atoms with Crippen LogP contribution in [0.1, 0.15) is 27.2 Å². The smallest absolute Gasteiger partial charge is 0.410 e. The van der Waals surface area contributed by atoms with Crippen LogP contribution in [0.5, 0.6) is 5.75 Å². The number of nitrogens with zero attached hydrogens (tertiary/aromatic N) is 2. The summed E-state index contributed by atoms with van der Waals surface area (Å²) in [5.74, 6) is -0.503. The zero-order valence-electron chi connectivity index (χ0n) is 13.3. The first kappa shape index (κ1) is 17.0. The summed E-state index contributed by atoms with van der Waals surface area (Å²) in [5, 5.41) is 0. The fraction of sp³-hybridized carbons (Fsp3) is 0.500. The number of hydrogen-bond acceptors (Lipinski definition) is 5. The molecule has 0 bridgehead atoms. The zero-order chi connectivity index (χ0) is 17.0. The van der Waals surface area contributed by atoms with Gasteiger partial charge in [0.15, 0.2) is 11.5 Å². The van der Waals surface area contributed by atoms with E-state index in [-0.39, 0.29) is 17.5 Å².